The average Bonchev–Trinajstić information content (AvgIpc) is 2.68. The number of hydrogen-bond acceptors (Lipinski definition) is 3. The lowest BCUT2D eigenvalue weighted by molar-refractivity contribution is 0.705. The van der Waals surface area contributed by atoms with Crippen molar-refractivity contribution >= 4 is 11.2 Å². The predicted octanol–water partition coefficient (Wildman–Crippen LogP) is -1.03. The average molecular weight is 198 g/mol. The molecule has 2 aromatic rings. The molecule has 2 aromatic heterocycles. The fraction of sp³-hybridized carbons (Fsp3) is 0.375. The third kappa shape index (κ3) is 0.876. The zero-order valence-corrected chi connectivity index (χ0v) is 7.39. The first-order valence-corrected chi connectivity index (χ1v) is 3.75. The fourth-order valence-electron chi connectivity index (χ4n) is 1.27. The number of rotatable bonds is 0. The minimum Gasteiger partial charge on any atom is -0.328 e. The Bertz CT molecular complexity index is 723. The van der Waals surface area contributed by atoms with Crippen molar-refractivity contribution in [3.05, 3.63) is 27.2 Å². The van der Waals surface area contributed by atoms with E-state index in [-0.39, 0.29) is 22.8 Å². The van der Waals surface area contributed by atoms with E-state index in [1.54, 1.807) is 0 Å². The highest BCUT2D eigenvalue weighted by atomic mass is 16.2. The number of aromatic nitrogens is 4. The van der Waals surface area contributed by atoms with Crippen LogP contribution in [0.1, 0.15) is 5.48 Å². The van der Waals surface area contributed by atoms with Gasteiger partial charge in [0.25, 0.3) is 5.56 Å². The molecule has 2 rings (SSSR count). The zero-order valence-electron chi connectivity index (χ0n) is 11.4. The van der Waals surface area contributed by atoms with Crippen molar-refractivity contribution in [2.24, 2.45) is 21.0 Å². The van der Waals surface area contributed by atoms with Gasteiger partial charge >= 0.3 is 5.69 Å². The molecule has 0 atom stereocenters. The summed E-state index contributed by atoms with van der Waals surface area (Å²) in [7, 11) is 1.04. The monoisotopic (exact) mass is 198 g/mol. The van der Waals surface area contributed by atoms with Crippen molar-refractivity contribution in [2.45, 2.75) is 0 Å². The van der Waals surface area contributed by atoms with Crippen LogP contribution in [-0.4, -0.2) is 18.7 Å². The van der Waals surface area contributed by atoms with E-state index in [0.29, 0.717) is 0 Å². The molecule has 0 aliphatic carbocycles. The van der Waals surface area contributed by atoms with E-state index >= 15 is 0 Å². The Morgan fingerprint density at radius 1 is 1.43 bits per heavy atom. The Labute approximate surface area is 84.6 Å². The molecule has 0 aromatic carbocycles. The van der Waals surface area contributed by atoms with Crippen LogP contribution in [-0.2, 0) is 21.0 Å². The minimum atomic E-state index is -2.86. The fourth-order valence-corrected chi connectivity index (χ4v) is 1.27. The Kier molecular flexibility index (Phi) is 0.942. The standard InChI is InChI=1S/C8H10N4O2/c1-10-4-9-6-5(10)7(13)12(3)8(14)11(6)2/h4H,1-3H3/i1D,3D3. The van der Waals surface area contributed by atoms with Gasteiger partial charge in [0.2, 0.25) is 0 Å². The zero-order chi connectivity index (χ0) is 13.7. The molecule has 14 heavy (non-hydrogen) atoms. The molecular formula is C8H10N4O2. The van der Waals surface area contributed by atoms with Gasteiger partial charge in [0.1, 0.15) is 0 Å². The van der Waals surface area contributed by atoms with Crippen molar-refractivity contribution in [3.63, 3.8) is 0 Å². The summed E-state index contributed by atoms with van der Waals surface area (Å²) in [4.78, 5) is 27.7. The molecular weight excluding hydrogens is 184 g/mol. The minimum absolute atomic E-state index is 0.0665. The van der Waals surface area contributed by atoms with Gasteiger partial charge in [-0.1, -0.05) is 0 Å². The summed E-state index contributed by atoms with van der Waals surface area (Å²) in [5, 5.41) is 0. The van der Waals surface area contributed by atoms with Gasteiger partial charge in [-0.15, -0.1) is 0 Å². The topological polar surface area (TPSA) is 61.8 Å². The van der Waals surface area contributed by atoms with Crippen molar-refractivity contribution in [1.82, 2.24) is 18.7 Å². The van der Waals surface area contributed by atoms with Gasteiger partial charge in [-0.2, -0.15) is 0 Å². The van der Waals surface area contributed by atoms with Crippen molar-refractivity contribution < 1.29 is 5.48 Å². The summed E-state index contributed by atoms with van der Waals surface area (Å²) >= 11 is 0. The van der Waals surface area contributed by atoms with Crippen LogP contribution in [0.15, 0.2) is 15.9 Å². The lowest BCUT2D eigenvalue weighted by atomic mass is 10.5. The van der Waals surface area contributed by atoms with Gasteiger partial charge in [0.15, 0.2) is 11.2 Å². The van der Waals surface area contributed by atoms with E-state index in [2.05, 4.69) is 4.98 Å². The molecule has 0 fully saturated rings. The van der Waals surface area contributed by atoms with Crippen molar-refractivity contribution in [3.8, 4) is 0 Å². The molecule has 0 aliphatic rings. The highest BCUT2D eigenvalue weighted by Crippen LogP contribution is 2.01. The van der Waals surface area contributed by atoms with E-state index in [4.69, 9.17) is 5.48 Å². The van der Waals surface area contributed by atoms with Crippen molar-refractivity contribution in [1.29, 1.82) is 0 Å². The lowest BCUT2D eigenvalue weighted by Gasteiger charge is -2.02. The first kappa shape index (κ1) is 5.14. The first-order valence-electron chi connectivity index (χ1n) is 5.96. The van der Waals surface area contributed by atoms with Crippen LogP contribution >= 0.6 is 0 Å². The molecule has 0 N–H and O–H groups in total. The van der Waals surface area contributed by atoms with E-state index in [0.717, 1.165) is 4.57 Å². The van der Waals surface area contributed by atoms with Crippen LogP contribution < -0.4 is 11.2 Å². The van der Waals surface area contributed by atoms with Gasteiger partial charge in [-0.25, -0.2) is 9.78 Å². The van der Waals surface area contributed by atoms with Crippen LogP contribution in [0.5, 0.6) is 0 Å². The molecule has 0 radical (unpaired) electrons. The summed E-state index contributed by atoms with van der Waals surface area (Å²) in [6.07, 6.45) is 1.22. The molecule has 0 unspecified atom stereocenters. The third-order valence-electron chi connectivity index (χ3n) is 2.02. The Morgan fingerprint density at radius 2 is 2.21 bits per heavy atom. The number of fused-ring (bicyclic) bond motifs is 1. The number of imidazole rings is 1. The maximum Gasteiger partial charge on any atom is 0.332 e. The number of hydrogen-bond donors (Lipinski definition) is 0. The maximum absolute atomic E-state index is 12.0. The maximum atomic E-state index is 12.0. The normalized spacial score (nSPS) is 16.1. The van der Waals surface area contributed by atoms with E-state index in [1.807, 2.05) is 0 Å². The summed E-state index contributed by atoms with van der Waals surface area (Å²) in [5.41, 5.74) is -1.92. The van der Waals surface area contributed by atoms with Crippen LogP contribution in [0.3, 0.4) is 0 Å². The first-order chi connectivity index (χ1) is 8.29. The van der Waals surface area contributed by atoms with E-state index in [1.165, 1.54) is 17.9 Å². The van der Waals surface area contributed by atoms with Gasteiger partial charge in [-0.3, -0.25) is 13.9 Å². The van der Waals surface area contributed by atoms with Crippen molar-refractivity contribution in [2.75, 3.05) is 0 Å². The predicted molar refractivity (Wildman–Crippen MR) is 51.2 cm³/mol. The summed E-state index contributed by atoms with van der Waals surface area (Å²) in [6, 6.07) is 0. The Hall–Kier alpha value is -1.85. The van der Waals surface area contributed by atoms with Gasteiger partial charge in [-0.05, 0) is 0 Å². The molecule has 74 valence electrons. The van der Waals surface area contributed by atoms with Gasteiger partial charge < -0.3 is 4.57 Å². The molecule has 0 amide bonds. The SMILES string of the molecule is [2H]Cn1cnc2c1c(=O)n(C([2H])([2H])[2H])c(=O)n2C. The lowest BCUT2D eigenvalue weighted by Crippen LogP contribution is -2.37. The van der Waals surface area contributed by atoms with Crippen LogP contribution in [0.2, 0.25) is 0 Å². The highest BCUT2D eigenvalue weighted by molar-refractivity contribution is 5.69. The second-order valence-corrected chi connectivity index (χ2v) is 2.87. The summed E-state index contributed by atoms with van der Waals surface area (Å²) in [6.45, 7) is -2.86. The number of nitrogens with zero attached hydrogens (tertiary/aromatic N) is 4. The number of aryl methyl sites for hydroxylation is 2. The van der Waals surface area contributed by atoms with E-state index < -0.39 is 18.2 Å². The second kappa shape index (κ2) is 2.57. The highest BCUT2D eigenvalue weighted by Gasteiger charge is 2.11. The largest absolute Gasteiger partial charge is 0.332 e. The van der Waals surface area contributed by atoms with Crippen LogP contribution in [0.4, 0.5) is 0 Å². The molecule has 0 aliphatic heterocycles. The summed E-state index contributed by atoms with van der Waals surface area (Å²) in [5.74, 6) is 0. The molecule has 6 nitrogen and oxygen atoms in total. The molecule has 0 bridgehead atoms. The Morgan fingerprint density at radius 3 is 2.86 bits per heavy atom. The molecule has 0 saturated carbocycles. The third-order valence-corrected chi connectivity index (χ3v) is 2.02. The Balaban J connectivity index is 3.07. The smallest absolute Gasteiger partial charge is 0.328 e. The summed E-state index contributed by atoms with van der Waals surface area (Å²) < 4.78 is 31.2. The van der Waals surface area contributed by atoms with E-state index in [9.17, 15) is 9.59 Å². The van der Waals surface area contributed by atoms with Crippen LogP contribution in [0, 0.1) is 0 Å². The van der Waals surface area contributed by atoms with Gasteiger partial charge in [0.05, 0.1) is 6.33 Å². The quantitative estimate of drug-likeness (QED) is 0.544. The molecule has 6 heteroatoms. The molecule has 0 saturated heterocycles. The molecule has 2 heterocycles. The second-order valence-electron chi connectivity index (χ2n) is 2.87. The van der Waals surface area contributed by atoms with Gasteiger partial charge in [0, 0.05) is 26.5 Å². The van der Waals surface area contributed by atoms with Crippen LogP contribution in [0.25, 0.3) is 11.2 Å². The molecule has 0 spiro atoms.